The van der Waals surface area contributed by atoms with E-state index < -0.39 is 11.9 Å². The predicted molar refractivity (Wildman–Crippen MR) is 114 cm³/mol. The van der Waals surface area contributed by atoms with E-state index in [-0.39, 0.29) is 22.5 Å². The van der Waals surface area contributed by atoms with Gasteiger partial charge in [-0.25, -0.2) is 19.0 Å². The summed E-state index contributed by atoms with van der Waals surface area (Å²) in [7, 11) is 2.46. The van der Waals surface area contributed by atoms with Gasteiger partial charge in [0.1, 0.15) is 22.5 Å². The fraction of sp³-hybridized carbons (Fsp3) is 0.0909. The van der Waals surface area contributed by atoms with E-state index in [0.717, 1.165) is 5.56 Å². The topological polar surface area (TPSA) is 101 Å². The summed E-state index contributed by atoms with van der Waals surface area (Å²) >= 11 is 1.26. The fourth-order valence-electron chi connectivity index (χ4n) is 2.63. The second kappa shape index (κ2) is 9.65. The van der Waals surface area contributed by atoms with Gasteiger partial charge < -0.3 is 14.8 Å². The Bertz CT molecular complexity index is 1160. The molecule has 0 atom stereocenters. The lowest BCUT2D eigenvalue weighted by atomic mass is 10.1. The summed E-state index contributed by atoms with van der Waals surface area (Å²) in [4.78, 5) is 28.2. The van der Waals surface area contributed by atoms with Gasteiger partial charge in [0.2, 0.25) is 0 Å². The molecular formula is C22H16FN3O4S. The molecule has 0 saturated heterocycles. The Morgan fingerprint density at radius 3 is 2.26 bits per heavy atom. The number of rotatable bonds is 6. The minimum Gasteiger partial charge on any atom is -0.465 e. The molecule has 1 aromatic heterocycles. The Hall–Kier alpha value is -4.03. The summed E-state index contributed by atoms with van der Waals surface area (Å²) in [5, 5.41) is 14.7. The van der Waals surface area contributed by atoms with Crippen LogP contribution in [0, 0.1) is 17.1 Å². The van der Waals surface area contributed by atoms with Crippen molar-refractivity contribution in [3.8, 4) is 17.3 Å². The van der Waals surface area contributed by atoms with E-state index >= 15 is 0 Å². The van der Waals surface area contributed by atoms with E-state index in [0.29, 0.717) is 16.4 Å². The molecule has 156 valence electrons. The molecule has 0 radical (unpaired) electrons. The largest absolute Gasteiger partial charge is 0.465 e. The van der Waals surface area contributed by atoms with E-state index in [1.54, 1.807) is 17.5 Å². The first-order valence-corrected chi connectivity index (χ1v) is 9.73. The van der Waals surface area contributed by atoms with Crippen molar-refractivity contribution in [3.63, 3.8) is 0 Å². The number of nitrogens with zero attached hydrogens (tertiary/aromatic N) is 2. The SMILES string of the molecule is COC(=O)c1cc(N/C=C(/C#N)c2nc(-c3ccc(F)cc3)cs2)cc(C(=O)OC)c1. The van der Waals surface area contributed by atoms with Gasteiger partial charge in [0.05, 0.1) is 31.0 Å². The molecule has 0 aliphatic heterocycles. The number of esters is 2. The number of thiazole rings is 1. The molecule has 0 unspecified atom stereocenters. The minimum absolute atomic E-state index is 0.146. The van der Waals surface area contributed by atoms with E-state index in [1.165, 1.54) is 62.1 Å². The number of allylic oxidation sites excluding steroid dienone is 1. The third-order valence-corrected chi connectivity index (χ3v) is 5.03. The van der Waals surface area contributed by atoms with E-state index in [1.807, 2.05) is 0 Å². The van der Waals surface area contributed by atoms with Gasteiger partial charge in [-0.15, -0.1) is 11.3 Å². The average Bonchev–Trinajstić information content (AvgIpc) is 3.28. The van der Waals surface area contributed by atoms with Crippen LogP contribution in [0.5, 0.6) is 0 Å². The minimum atomic E-state index is -0.623. The molecule has 0 aliphatic rings. The molecule has 3 rings (SSSR count). The number of ether oxygens (including phenoxy) is 2. The number of carbonyl (C=O) groups excluding carboxylic acids is 2. The quantitative estimate of drug-likeness (QED) is 0.447. The molecule has 31 heavy (non-hydrogen) atoms. The van der Waals surface area contributed by atoms with Crippen molar-refractivity contribution >= 4 is 34.5 Å². The van der Waals surface area contributed by atoms with Gasteiger partial charge in [-0.1, -0.05) is 0 Å². The van der Waals surface area contributed by atoms with Crippen molar-refractivity contribution in [3.05, 3.63) is 76.0 Å². The van der Waals surface area contributed by atoms with Gasteiger partial charge in [-0.05, 0) is 42.5 Å². The first-order valence-electron chi connectivity index (χ1n) is 8.85. The monoisotopic (exact) mass is 437 g/mol. The van der Waals surface area contributed by atoms with Crippen molar-refractivity contribution in [1.82, 2.24) is 4.98 Å². The Kier molecular flexibility index (Phi) is 6.74. The third kappa shape index (κ3) is 5.12. The zero-order valence-corrected chi connectivity index (χ0v) is 17.3. The summed E-state index contributed by atoms with van der Waals surface area (Å²) in [5.74, 6) is -1.59. The van der Waals surface area contributed by atoms with Crippen LogP contribution >= 0.6 is 11.3 Å². The normalized spacial score (nSPS) is 10.8. The van der Waals surface area contributed by atoms with Gasteiger partial charge in [-0.3, -0.25) is 0 Å². The van der Waals surface area contributed by atoms with Crippen molar-refractivity contribution in [1.29, 1.82) is 5.26 Å². The van der Waals surface area contributed by atoms with Crippen LogP contribution in [0.2, 0.25) is 0 Å². The molecule has 0 fully saturated rings. The zero-order chi connectivity index (χ0) is 22.4. The second-order valence-electron chi connectivity index (χ2n) is 6.14. The maximum absolute atomic E-state index is 13.1. The standard InChI is InChI=1S/C22H16FN3O4S/c1-29-21(27)14-7-15(22(28)30-2)9-18(8-14)25-11-16(10-24)20-26-19(12-31-20)13-3-5-17(23)6-4-13/h3-9,11-12,25H,1-2H3/b16-11-. The highest BCUT2D eigenvalue weighted by atomic mass is 32.1. The first-order chi connectivity index (χ1) is 14.9. The first kappa shape index (κ1) is 21.7. The molecule has 3 aromatic rings. The van der Waals surface area contributed by atoms with Crippen LogP contribution in [0.15, 0.2) is 54.0 Å². The van der Waals surface area contributed by atoms with Gasteiger partial charge in [0.15, 0.2) is 0 Å². The van der Waals surface area contributed by atoms with Crippen molar-refractivity contribution in [2.45, 2.75) is 0 Å². The predicted octanol–water partition coefficient (Wildman–Crippen LogP) is 4.50. The summed E-state index contributed by atoms with van der Waals surface area (Å²) in [5.41, 5.74) is 2.25. The molecule has 0 bridgehead atoms. The average molecular weight is 437 g/mol. The molecule has 0 aliphatic carbocycles. The fourth-order valence-corrected chi connectivity index (χ4v) is 3.42. The third-order valence-electron chi connectivity index (χ3n) is 4.15. The zero-order valence-electron chi connectivity index (χ0n) is 16.5. The molecule has 9 heteroatoms. The Balaban J connectivity index is 1.89. The van der Waals surface area contributed by atoms with E-state index in [9.17, 15) is 19.2 Å². The highest BCUT2D eigenvalue weighted by Crippen LogP contribution is 2.26. The van der Waals surface area contributed by atoms with E-state index in [4.69, 9.17) is 9.47 Å². The lowest BCUT2D eigenvalue weighted by Crippen LogP contribution is -2.07. The number of nitriles is 1. The van der Waals surface area contributed by atoms with E-state index in [2.05, 4.69) is 16.4 Å². The number of carbonyl (C=O) groups is 2. The highest BCUT2D eigenvalue weighted by Gasteiger charge is 2.14. The molecule has 0 amide bonds. The summed E-state index contributed by atoms with van der Waals surface area (Å²) in [6, 6.07) is 12.3. The number of halogens is 1. The van der Waals surface area contributed by atoms with Crippen molar-refractivity contribution in [2.75, 3.05) is 19.5 Å². The Morgan fingerprint density at radius 1 is 1.10 bits per heavy atom. The van der Waals surface area contributed by atoms with Crippen molar-refractivity contribution < 1.29 is 23.5 Å². The maximum Gasteiger partial charge on any atom is 0.337 e. The number of hydrogen-bond acceptors (Lipinski definition) is 8. The second-order valence-corrected chi connectivity index (χ2v) is 7.00. The van der Waals surface area contributed by atoms with Crippen LogP contribution in [0.1, 0.15) is 25.7 Å². The van der Waals surface area contributed by atoms with Gasteiger partial charge in [-0.2, -0.15) is 5.26 Å². The van der Waals surface area contributed by atoms with Crippen LogP contribution < -0.4 is 5.32 Å². The van der Waals surface area contributed by atoms with Gasteiger partial charge in [0.25, 0.3) is 0 Å². The van der Waals surface area contributed by atoms with Crippen molar-refractivity contribution in [2.24, 2.45) is 0 Å². The molecule has 0 spiro atoms. The summed E-state index contributed by atoms with van der Waals surface area (Å²) in [6.07, 6.45) is 1.42. The lowest BCUT2D eigenvalue weighted by molar-refractivity contribution is 0.0599. The van der Waals surface area contributed by atoms with Crippen LogP contribution in [0.3, 0.4) is 0 Å². The van der Waals surface area contributed by atoms with Gasteiger partial charge >= 0.3 is 11.9 Å². The number of nitrogens with one attached hydrogen (secondary N) is 1. The number of hydrogen-bond donors (Lipinski definition) is 1. The highest BCUT2D eigenvalue weighted by molar-refractivity contribution is 7.11. The van der Waals surface area contributed by atoms with Gasteiger partial charge in [0, 0.05) is 22.8 Å². The van der Waals surface area contributed by atoms with Crippen LogP contribution in [-0.4, -0.2) is 31.1 Å². The molecule has 2 aromatic carbocycles. The molecule has 0 saturated carbocycles. The lowest BCUT2D eigenvalue weighted by Gasteiger charge is -2.08. The summed E-state index contributed by atoms with van der Waals surface area (Å²) < 4.78 is 22.5. The smallest absolute Gasteiger partial charge is 0.337 e. The number of benzene rings is 2. The Labute approximate surface area is 181 Å². The number of methoxy groups -OCH3 is 2. The van der Waals surface area contributed by atoms with Crippen LogP contribution in [-0.2, 0) is 9.47 Å². The maximum atomic E-state index is 13.1. The molecule has 1 heterocycles. The molecule has 1 N–H and O–H groups in total. The van der Waals surface area contributed by atoms with Crippen LogP contribution in [0.25, 0.3) is 16.8 Å². The molecular weight excluding hydrogens is 421 g/mol. The number of aromatic nitrogens is 1. The summed E-state index contributed by atoms with van der Waals surface area (Å²) in [6.45, 7) is 0. The van der Waals surface area contributed by atoms with Crippen LogP contribution in [0.4, 0.5) is 10.1 Å². The number of anilines is 1. The Morgan fingerprint density at radius 2 is 1.71 bits per heavy atom. The molecule has 7 nitrogen and oxygen atoms in total.